The van der Waals surface area contributed by atoms with Crippen LogP contribution in [-0.4, -0.2) is 33.9 Å². The number of carbonyl (C=O) groups is 1. The van der Waals surface area contributed by atoms with Gasteiger partial charge >= 0.3 is 0 Å². The first-order chi connectivity index (χ1) is 10.2. The molecule has 2 aliphatic heterocycles. The third-order valence-electron chi connectivity index (χ3n) is 3.66. The summed E-state index contributed by atoms with van der Waals surface area (Å²) in [4.78, 5) is 28.4. The number of rotatable bonds is 2. The second kappa shape index (κ2) is 5.11. The molecule has 1 amide bonds. The fourth-order valence-corrected chi connectivity index (χ4v) is 4.82. The zero-order chi connectivity index (χ0) is 14.4. The summed E-state index contributed by atoms with van der Waals surface area (Å²) in [6.07, 6.45) is 3.69. The molecule has 0 bridgehead atoms. The molecule has 4 heterocycles. The number of fused-ring (bicyclic) bond motifs is 3. The van der Waals surface area contributed by atoms with Crippen LogP contribution in [0.25, 0.3) is 10.2 Å². The van der Waals surface area contributed by atoms with Crippen molar-refractivity contribution in [3.63, 3.8) is 0 Å². The van der Waals surface area contributed by atoms with Crippen LogP contribution in [0.3, 0.4) is 0 Å². The summed E-state index contributed by atoms with van der Waals surface area (Å²) in [5.41, 5.74) is 1.24. The Balaban J connectivity index is 1.77. The molecule has 1 fully saturated rings. The van der Waals surface area contributed by atoms with Crippen LogP contribution in [-0.2, 0) is 16.1 Å². The fraction of sp³-hybridized carbons (Fsp3) is 0.462. The van der Waals surface area contributed by atoms with Crippen molar-refractivity contribution in [2.24, 2.45) is 0 Å². The van der Waals surface area contributed by atoms with Crippen molar-refractivity contribution in [2.75, 3.05) is 17.7 Å². The molecule has 4 rings (SSSR count). The second-order valence-electron chi connectivity index (χ2n) is 5.12. The minimum Gasteiger partial charge on any atom is -0.376 e. The van der Waals surface area contributed by atoms with Gasteiger partial charge in [0.05, 0.1) is 34.6 Å². The summed E-state index contributed by atoms with van der Waals surface area (Å²) in [5.74, 6) is 0.349. The van der Waals surface area contributed by atoms with Crippen molar-refractivity contribution in [1.29, 1.82) is 0 Å². The molecule has 1 saturated heterocycles. The van der Waals surface area contributed by atoms with Crippen molar-refractivity contribution in [3.8, 4) is 0 Å². The van der Waals surface area contributed by atoms with E-state index in [0.29, 0.717) is 28.2 Å². The normalized spacial score (nSPS) is 21.5. The van der Waals surface area contributed by atoms with E-state index in [2.05, 4.69) is 10.3 Å². The number of thiophene rings is 1. The SMILES string of the molecule is O=C1CSc2sc3c(=O)n(C[C@H]4CCCO4)cnc3c2N1. The number of hydrogen-bond acceptors (Lipinski definition) is 6. The van der Waals surface area contributed by atoms with Gasteiger partial charge in [0.25, 0.3) is 5.56 Å². The number of carbonyl (C=O) groups excluding carboxylic acids is 1. The summed E-state index contributed by atoms with van der Waals surface area (Å²) < 4.78 is 8.76. The molecular formula is C13H13N3O3S2. The highest BCUT2D eigenvalue weighted by Gasteiger charge is 2.24. The number of aromatic nitrogens is 2. The summed E-state index contributed by atoms with van der Waals surface area (Å²) >= 11 is 2.88. The molecule has 2 aromatic heterocycles. The van der Waals surface area contributed by atoms with Crippen LogP contribution in [0, 0.1) is 0 Å². The number of amides is 1. The van der Waals surface area contributed by atoms with Crippen molar-refractivity contribution in [3.05, 3.63) is 16.7 Å². The molecule has 1 N–H and O–H groups in total. The molecule has 21 heavy (non-hydrogen) atoms. The van der Waals surface area contributed by atoms with Gasteiger partial charge in [0, 0.05) is 6.61 Å². The van der Waals surface area contributed by atoms with E-state index in [0.717, 1.165) is 23.7 Å². The Bertz CT molecular complexity index is 777. The van der Waals surface area contributed by atoms with E-state index in [1.54, 1.807) is 10.9 Å². The lowest BCUT2D eigenvalue weighted by Gasteiger charge is -2.12. The molecule has 2 aromatic rings. The predicted octanol–water partition coefficient (Wildman–Crippen LogP) is 1.68. The van der Waals surface area contributed by atoms with Crippen LogP contribution >= 0.6 is 23.1 Å². The summed E-state index contributed by atoms with van der Waals surface area (Å²) in [6, 6.07) is 0. The number of nitrogens with one attached hydrogen (secondary N) is 1. The summed E-state index contributed by atoms with van der Waals surface area (Å²) in [5, 5.41) is 2.82. The van der Waals surface area contributed by atoms with Gasteiger partial charge in [-0.2, -0.15) is 0 Å². The van der Waals surface area contributed by atoms with Gasteiger partial charge in [-0.3, -0.25) is 14.2 Å². The van der Waals surface area contributed by atoms with E-state index >= 15 is 0 Å². The van der Waals surface area contributed by atoms with Crippen LogP contribution in [0.4, 0.5) is 5.69 Å². The highest BCUT2D eigenvalue weighted by molar-refractivity contribution is 8.02. The first kappa shape index (κ1) is 13.3. The highest BCUT2D eigenvalue weighted by Crippen LogP contribution is 2.42. The average Bonchev–Trinajstić information content (AvgIpc) is 3.09. The number of nitrogens with zero attached hydrogens (tertiary/aromatic N) is 2. The van der Waals surface area contributed by atoms with Crippen LogP contribution in [0.15, 0.2) is 15.3 Å². The van der Waals surface area contributed by atoms with Gasteiger partial charge in [0.15, 0.2) is 0 Å². The van der Waals surface area contributed by atoms with Gasteiger partial charge < -0.3 is 10.1 Å². The van der Waals surface area contributed by atoms with Gasteiger partial charge in [-0.1, -0.05) is 0 Å². The number of hydrogen-bond donors (Lipinski definition) is 1. The van der Waals surface area contributed by atoms with Gasteiger partial charge in [-0.25, -0.2) is 4.98 Å². The van der Waals surface area contributed by atoms with Crippen molar-refractivity contribution >= 4 is 44.9 Å². The molecule has 0 aliphatic carbocycles. The zero-order valence-electron chi connectivity index (χ0n) is 11.1. The molecule has 6 nitrogen and oxygen atoms in total. The van der Waals surface area contributed by atoms with Crippen LogP contribution in [0.1, 0.15) is 12.8 Å². The monoisotopic (exact) mass is 323 g/mol. The topological polar surface area (TPSA) is 73.2 Å². The molecule has 1 atom stereocenters. The average molecular weight is 323 g/mol. The second-order valence-corrected chi connectivity index (χ2v) is 7.38. The van der Waals surface area contributed by atoms with E-state index < -0.39 is 0 Å². The molecule has 0 aromatic carbocycles. The Hall–Kier alpha value is -1.38. The third-order valence-corrected chi connectivity index (χ3v) is 6.09. The number of anilines is 1. The standard InChI is InChI=1S/C13H13N3O3S2/c17-8-5-20-13-10(15-8)9-11(21-13)12(18)16(6-14-9)4-7-2-1-3-19-7/h6-7H,1-5H2,(H,15,17)/t7-/m1/s1. The Morgan fingerprint density at radius 3 is 3.19 bits per heavy atom. The maximum absolute atomic E-state index is 12.6. The highest BCUT2D eigenvalue weighted by atomic mass is 32.2. The van der Waals surface area contributed by atoms with E-state index in [-0.39, 0.29) is 17.6 Å². The van der Waals surface area contributed by atoms with Gasteiger partial charge in [0.1, 0.15) is 10.2 Å². The quantitative estimate of drug-likeness (QED) is 0.910. The summed E-state index contributed by atoms with van der Waals surface area (Å²) in [6.45, 7) is 1.31. The van der Waals surface area contributed by atoms with Crippen LogP contribution in [0.2, 0.25) is 0 Å². The minimum atomic E-state index is -0.0512. The first-order valence-corrected chi connectivity index (χ1v) is 8.59. The van der Waals surface area contributed by atoms with E-state index in [1.807, 2.05) is 0 Å². The van der Waals surface area contributed by atoms with Crippen molar-refractivity contribution < 1.29 is 9.53 Å². The Labute approximate surface area is 128 Å². The van der Waals surface area contributed by atoms with Crippen molar-refractivity contribution in [2.45, 2.75) is 29.7 Å². The van der Waals surface area contributed by atoms with E-state index in [9.17, 15) is 9.59 Å². The van der Waals surface area contributed by atoms with E-state index in [1.165, 1.54) is 23.1 Å². The lowest BCUT2D eigenvalue weighted by Crippen LogP contribution is -2.26. The predicted molar refractivity (Wildman–Crippen MR) is 82.2 cm³/mol. The minimum absolute atomic E-state index is 0.0439. The van der Waals surface area contributed by atoms with Crippen LogP contribution < -0.4 is 10.9 Å². The molecule has 0 unspecified atom stereocenters. The van der Waals surface area contributed by atoms with Gasteiger partial charge in [-0.15, -0.1) is 23.1 Å². The van der Waals surface area contributed by atoms with Gasteiger partial charge in [0.2, 0.25) is 5.91 Å². The third kappa shape index (κ3) is 2.27. The summed E-state index contributed by atoms with van der Waals surface area (Å²) in [7, 11) is 0. The Morgan fingerprint density at radius 2 is 2.38 bits per heavy atom. The van der Waals surface area contributed by atoms with E-state index in [4.69, 9.17) is 4.74 Å². The van der Waals surface area contributed by atoms with Crippen LogP contribution in [0.5, 0.6) is 0 Å². The molecule has 8 heteroatoms. The lowest BCUT2D eigenvalue weighted by molar-refractivity contribution is -0.113. The molecule has 2 aliphatic rings. The van der Waals surface area contributed by atoms with Crippen molar-refractivity contribution in [1.82, 2.24) is 9.55 Å². The fourth-order valence-electron chi connectivity index (χ4n) is 2.64. The molecular weight excluding hydrogens is 310 g/mol. The Morgan fingerprint density at radius 1 is 1.48 bits per heavy atom. The Kier molecular flexibility index (Phi) is 3.24. The van der Waals surface area contributed by atoms with Gasteiger partial charge in [-0.05, 0) is 12.8 Å². The maximum atomic E-state index is 12.6. The molecule has 0 saturated carbocycles. The first-order valence-electron chi connectivity index (χ1n) is 6.78. The molecule has 110 valence electrons. The zero-order valence-corrected chi connectivity index (χ0v) is 12.8. The largest absolute Gasteiger partial charge is 0.376 e. The molecule has 0 radical (unpaired) electrons. The lowest BCUT2D eigenvalue weighted by atomic mass is 10.2. The number of ether oxygens (including phenoxy) is 1. The molecule has 0 spiro atoms. The smallest absolute Gasteiger partial charge is 0.271 e. The maximum Gasteiger partial charge on any atom is 0.271 e. The number of thioether (sulfide) groups is 1.